The van der Waals surface area contributed by atoms with Crippen molar-refractivity contribution in [1.82, 2.24) is 0 Å². The van der Waals surface area contributed by atoms with Gasteiger partial charge >= 0.3 is 0 Å². The van der Waals surface area contributed by atoms with Crippen molar-refractivity contribution < 1.29 is 0 Å². The maximum atomic E-state index is 9.10. The Hall–Kier alpha value is -1.20. The first-order chi connectivity index (χ1) is 7.58. The Labute approximate surface area is 102 Å². The van der Waals surface area contributed by atoms with Gasteiger partial charge in [-0.3, -0.25) is 0 Å². The lowest BCUT2D eigenvalue weighted by Crippen LogP contribution is -2.23. The predicted molar refractivity (Wildman–Crippen MR) is 68.8 cm³/mol. The summed E-state index contributed by atoms with van der Waals surface area (Å²) < 4.78 is 0. The molecule has 0 saturated heterocycles. The van der Waals surface area contributed by atoms with Crippen LogP contribution in [0, 0.1) is 17.2 Å². The molecule has 1 aromatic rings. The van der Waals surface area contributed by atoms with Crippen LogP contribution in [-0.2, 0) is 5.88 Å². The molecule has 0 N–H and O–H groups in total. The van der Waals surface area contributed by atoms with Crippen molar-refractivity contribution in [3.05, 3.63) is 29.3 Å². The van der Waals surface area contributed by atoms with Crippen LogP contribution in [0.2, 0.25) is 0 Å². The largest absolute Gasteiger partial charge is 0.373 e. The third-order valence-electron chi connectivity index (χ3n) is 2.39. The minimum Gasteiger partial charge on any atom is -0.373 e. The molecule has 0 amide bonds. The predicted octanol–water partition coefficient (Wildman–Crippen LogP) is 3.39. The van der Waals surface area contributed by atoms with Crippen LogP contribution in [0.25, 0.3) is 0 Å². The second-order valence-electron chi connectivity index (χ2n) is 4.37. The first-order valence-corrected chi connectivity index (χ1v) is 5.92. The third-order valence-corrected chi connectivity index (χ3v) is 2.69. The van der Waals surface area contributed by atoms with Crippen molar-refractivity contribution in [3.8, 4) is 6.07 Å². The molecule has 0 spiro atoms. The lowest BCUT2D eigenvalue weighted by atomic mass is 10.1. The Morgan fingerprint density at radius 3 is 2.62 bits per heavy atom. The molecule has 3 heteroatoms. The maximum absolute atomic E-state index is 9.10. The standard InChI is InChI=1S/C13H17ClN2/c1-10(2)9-16(3)13-5-4-11(7-14)6-12(13)8-15/h4-6,10H,7,9H2,1-3H3. The summed E-state index contributed by atoms with van der Waals surface area (Å²) >= 11 is 5.75. The number of hydrogen-bond donors (Lipinski definition) is 0. The summed E-state index contributed by atoms with van der Waals surface area (Å²) in [6.45, 7) is 5.26. The molecule has 0 aliphatic heterocycles. The first-order valence-electron chi connectivity index (χ1n) is 5.38. The van der Waals surface area contributed by atoms with Crippen molar-refractivity contribution in [1.29, 1.82) is 5.26 Å². The minimum atomic E-state index is 0.447. The zero-order valence-corrected chi connectivity index (χ0v) is 10.8. The number of nitriles is 1. The lowest BCUT2D eigenvalue weighted by molar-refractivity contribution is 0.638. The zero-order chi connectivity index (χ0) is 12.1. The third kappa shape index (κ3) is 3.15. The van der Waals surface area contributed by atoms with Gasteiger partial charge in [0.05, 0.1) is 11.3 Å². The molecular weight excluding hydrogens is 220 g/mol. The summed E-state index contributed by atoms with van der Waals surface area (Å²) in [5.41, 5.74) is 2.66. The summed E-state index contributed by atoms with van der Waals surface area (Å²) in [6, 6.07) is 8.03. The highest BCUT2D eigenvalue weighted by atomic mass is 35.5. The Bertz CT molecular complexity index is 393. The fourth-order valence-electron chi connectivity index (χ4n) is 1.73. The molecule has 2 nitrogen and oxygen atoms in total. The molecule has 16 heavy (non-hydrogen) atoms. The molecule has 86 valence electrons. The van der Waals surface area contributed by atoms with Crippen molar-refractivity contribution in [2.24, 2.45) is 5.92 Å². The van der Waals surface area contributed by atoms with Crippen LogP contribution < -0.4 is 4.90 Å². The topological polar surface area (TPSA) is 27.0 Å². The number of hydrogen-bond acceptors (Lipinski definition) is 2. The molecule has 0 atom stereocenters. The average Bonchev–Trinajstić information content (AvgIpc) is 2.27. The van der Waals surface area contributed by atoms with E-state index < -0.39 is 0 Å². The summed E-state index contributed by atoms with van der Waals surface area (Å²) in [5, 5.41) is 9.10. The number of alkyl halides is 1. The normalized spacial score (nSPS) is 10.2. The van der Waals surface area contributed by atoms with Gasteiger partial charge in [0, 0.05) is 19.5 Å². The molecule has 0 bridgehead atoms. The molecule has 0 aromatic heterocycles. The second kappa shape index (κ2) is 5.77. The van der Waals surface area contributed by atoms with Crippen LogP contribution in [0.5, 0.6) is 0 Å². The summed E-state index contributed by atoms with van der Waals surface area (Å²) in [7, 11) is 2.01. The minimum absolute atomic E-state index is 0.447. The molecule has 0 aliphatic carbocycles. The highest BCUT2D eigenvalue weighted by molar-refractivity contribution is 6.17. The van der Waals surface area contributed by atoms with Crippen LogP contribution in [0.3, 0.4) is 0 Å². The number of rotatable bonds is 4. The van der Waals surface area contributed by atoms with Crippen LogP contribution in [0.15, 0.2) is 18.2 Å². The molecular formula is C13H17ClN2. The van der Waals surface area contributed by atoms with E-state index in [-0.39, 0.29) is 0 Å². The lowest BCUT2D eigenvalue weighted by Gasteiger charge is -2.22. The smallest absolute Gasteiger partial charge is 0.101 e. The van der Waals surface area contributed by atoms with E-state index in [2.05, 4.69) is 24.8 Å². The van der Waals surface area contributed by atoms with Gasteiger partial charge < -0.3 is 4.90 Å². The zero-order valence-electron chi connectivity index (χ0n) is 10.00. The van der Waals surface area contributed by atoms with Gasteiger partial charge in [-0.1, -0.05) is 19.9 Å². The van der Waals surface area contributed by atoms with Crippen LogP contribution in [0.4, 0.5) is 5.69 Å². The van der Waals surface area contributed by atoms with E-state index in [4.69, 9.17) is 16.9 Å². The molecule has 0 radical (unpaired) electrons. The summed E-state index contributed by atoms with van der Waals surface area (Å²) in [6.07, 6.45) is 0. The molecule has 1 aromatic carbocycles. The van der Waals surface area contributed by atoms with Gasteiger partial charge in [0.2, 0.25) is 0 Å². The number of nitrogens with zero attached hydrogens (tertiary/aromatic N) is 2. The van der Waals surface area contributed by atoms with Crippen molar-refractivity contribution in [2.45, 2.75) is 19.7 Å². The second-order valence-corrected chi connectivity index (χ2v) is 4.64. The number of benzene rings is 1. The Balaban J connectivity index is 3.00. The van der Waals surface area contributed by atoms with E-state index in [0.29, 0.717) is 17.4 Å². The van der Waals surface area contributed by atoms with E-state index >= 15 is 0 Å². The number of anilines is 1. The van der Waals surface area contributed by atoms with E-state index in [9.17, 15) is 0 Å². The summed E-state index contributed by atoms with van der Waals surface area (Å²) in [4.78, 5) is 2.11. The van der Waals surface area contributed by atoms with Gasteiger partial charge in [0.25, 0.3) is 0 Å². The summed E-state index contributed by atoms with van der Waals surface area (Å²) in [5.74, 6) is 1.02. The van der Waals surface area contributed by atoms with Crippen molar-refractivity contribution in [2.75, 3.05) is 18.5 Å². The van der Waals surface area contributed by atoms with Gasteiger partial charge in [-0.05, 0) is 23.6 Å². The van der Waals surface area contributed by atoms with Crippen LogP contribution in [0.1, 0.15) is 25.0 Å². The molecule has 0 saturated carbocycles. The highest BCUT2D eigenvalue weighted by Crippen LogP contribution is 2.22. The highest BCUT2D eigenvalue weighted by Gasteiger charge is 2.09. The van der Waals surface area contributed by atoms with Gasteiger partial charge in [0.1, 0.15) is 6.07 Å². The molecule has 1 rings (SSSR count). The first kappa shape index (κ1) is 12.9. The molecule has 0 heterocycles. The van der Waals surface area contributed by atoms with Crippen LogP contribution >= 0.6 is 11.6 Å². The fraction of sp³-hybridized carbons (Fsp3) is 0.462. The number of halogens is 1. The Morgan fingerprint density at radius 2 is 2.12 bits per heavy atom. The van der Waals surface area contributed by atoms with Gasteiger partial charge in [0.15, 0.2) is 0 Å². The SMILES string of the molecule is CC(C)CN(C)c1ccc(CCl)cc1C#N. The van der Waals surface area contributed by atoms with Gasteiger partial charge in [-0.15, -0.1) is 11.6 Å². The van der Waals surface area contributed by atoms with E-state index in [1.165, 1.54) is 0 Å². The molecule has 0 unspecified atom stereocenters. The van der Waals surface area contributed by atoms with E-state index in [1.54, 1.807) is 0 Å². The van der Waals surface area contributed by atoms with Gasteiger partial charge in [-0.25, -0.2) is 0 Å². The maximum Gasteiger partial charge on any atom is 0.101 e. The quantitative estimate of drug-likeness (QED) is 0.750. The van der Waals surface area contributed by atoms with E-state index in [1.807, 2.05) is 25.2 Å². The van der Waals surface area contributed by atoms with Gasteiger partial charge in [-0.2, -0.15) is 5.26 Å². The van der Waals surface area contributed by atoms with Crippen molar-refractivity contribution in [3.63, 3.8) is 0 Å². The molecule has 0 aliphatic rings. The fourth-order valence-corrected chi connectivity index (χ4v) is 1.90. The average molecular weight is 237 g/mol. The monoisotopic (exact) mass is 236 g/mol. The Kier molecular flexibility index (Phi) is 4.64. The van der Waals surface area contributed by atoms with Crippen molar-refractivity contribution >= 4 is 17.3 Å². The van der Waals surface area contributed by atoms with E-state index in [0.717, 1.165) is 17.8 Å². The Morgan fingerprint density at radius 1 is 1.44 bits per heavy atom. The van der Waals surface area contributed by atoms with Crippen LogP contribution in [-0.4, -0.2) is 13.6 Å². The molecule has 0 fully saturated rings.